The molecule has 4 nitrogen and oxygen atoms in total. The van der Waals surface area contributed by atoms with Crippen molar-refractivity contribution in [2.24, 2.45) is 0 Å². The molecule has 0 unspecified atom stereocenters. The second kappa shape index (κ2) is 22.9. The van der Waals surface area contributed by atoms with Crippen LogP contribution in [0.4, 0.5) is 0 Å². The van der Waals surface area contributed by atoms with Crippen LogP contribution in [0.25, 0.3) is 0 Å². The van der Waals surface area contributed by atoms with E-state index in [0.29, 0.717) is 18.4 Å². The summed E-state index contributed by atoms with van der Waals surface area (Å²) in [5.41, 5.74) is 0.0604. The van der Waals surface area contributed by atoms with E-state index in [0.717, 1.165) is 26.2 Å². The number of rotatable bonds is 9. The van der Waals surface area contributed by atoms with E-state index in [1.165, 1.54) is 12.8 Å². The molecule has 0 aliphatic rings. The van der Waals surface area contributed by atoms with Gasteiger partial charge in [-0.2, -0.15) is 0 Å². The van der Waals surface area contributed by atoms with E-state index in [-0.39, 0.29) is 22.4 Å². The molecule has 0 aromatic carbocycles. The van der Waals surface area contributed by atoms with Gasteiger partial charge in [-0.25, -0.2) is 0 Å². The van der Waals surface area contributed by atoms with E-state index in [9.17, 15) is 0 Å². The fraction of sp³-hybridized carbons (Fsp3) is 1.00. The lowest BCUT2D eigenvalue weighted by molar-refractivity contribution is -0.00423. The lowest BCUT2D eigenvalue weighted by atomic mass is 10.2. The second-order valence-electron chi connectivity index (χ2n) is 11.5. The van der Waals surface area contributed by atoms with Gasteiger partial charge in [-0.3, -0.25) is 0 Å². The van der Waals surface area contributed by atoms with Crippen molar-refractivity contribution in [2.75, 3.05) is 38.2 Å². The lowest BCUT2D eigenvalue weighted by Crippen LogP contribution is -2.20. The standard InChI is InChI=1S/C8H18O.C7H15ClO.C6H13ClO.C6H14O/c1-5-6-7-9-8(2,3)4;1-7(2,3)9-6-4-5-8;1-6(2,3)8-5-4-7;1-5-7-6(2,3)4/h5-7H2,1-4H3;4-6H2,1-3H3;4-5H2,1-3H3;5H2,1-4H3. The maximum atomic E-state index is 5.47. The zero-order chi connectivity index (χ0) is 27.2. The summed E-state index contributed by atoms with van der Waals surface area (Å²) in [7, 11) is 0. The van der Waals surface area contributed by atoms with Gasteiger partial charge < -0.3 is 18.9 Å². The molecule has 0 aromatic rings. The highest BCUT2D eigenvalue weighted by Gasteiger charge is 2.09. The highest BCUT2D eigenvalue weighted by molar-refractivity contribution is 6.18. The van der Waals surface area contributed by atoms with Crippen LogP contribution < -0.4 is 0 Å². The third-order valence-electron chi connectivity index (χ3n) is 3.04. The van der Waals surface area contributed by atoms with Gasteiger partial charge in [0.1, 0.15) is 0 Å². The van der Waals surface area contributed by atoms with E-state index < -0.39 is 0 Å². The topological polar surface area (TPSA) is 36.9 Å². The zero-order valence-corrected chi connectivity index (χ0v) is 26.3. The van der Waals surface area contributed by atoms with Crippen LogP contribution in [0.2, 0.25) is 0 Å². The summed E-state index contributed by atoms with van der Waals surface area (Å²) in [4.78, 5) is 0. The van der Waals surface area contributed by atoms with Gasteiger partial charge in [-0.15, -0.1) is 23.2 Å². The number of hydrogen-bond acceptors (Lipinski definition) is 4. The summed E-state index contributed by atoms with van der Waals surface area (Å²) in [5.74, 6) is 1.27. The average Bonchev–Trinajstić information content (AvgIpc) is 2.58. The molecule has 0 saturated heterocycles. The molecule has 0 aliphatic heterocycles. The van der Waals surface area contributed by atoms with Gasteiger partial charge in [0.05, 0.1) is 29.0 Å². The predicted octanol–water partition coefficient (Wildman–Crippen LogP) is 8.89. The summed E-state index contributed by atoms with van der Waals surface area (Å²) >= 11 is 10.8. The van der Waals surface area contributed by atoms with E-state index in [1.807, 2.05) is 48.5 Å². The largest absolute Gasteiger partial charge is 0.376 e. The quantitative estimate of drug-likeness (QED) is 0.225. The van der Waals surface area contributed by atoms with E-state index in [2.05, 4.69) is 48.5 Å². The Morgan fingerprint density at radius 1 is 0.455 bits per heavy atom. The van der Waals surface area contributed by atoms with Gasteiger partial charge >= 0.3 is 0 Å². The third kappa shape index (κ3) is 65.4. The van der Waals surface area contributed by atoms with Crippen molar-refractivity contribution in [1.29, 1.82) is 0 Å². The summed E-state index contributed by atoms with van der Waals surface area (Å²) < 4.78 is 21.3. The van der Waals surface area contributed by atoms with E-state index >= 15 is 0 Å². The highest BCUT2D eigenvalue weighted by Crippen LogP contribution is 2.08. The van der Waals surface area contributed by atoms with Gasteiger partial charge in [0.15, 0.2) is 0 Å². The monoisotopic (exact) mass is 518 g/mol. The smallest absolute Gasteiger partial charge is 0.0608 e. The molecule has 33 heavy (non-hydrogen) atoms. The Kier molecular flexibility index (Phi) is 28.1. The summed E-state index contributed by atoms with van der Waals surface area (Å²) in [5, 5.41) is 0. The van der Waals surface area contributed by atoms with Crippen LogP contribution in [-0.2, 0) is 18.9 Å². The predicted molar refractivity (Wildman–Crippen MR) is 149 cm³/mol. The average molecular weight is 520 g/mol. The minimum atomic E-state index is -0.0328. The Labute approximate surface area is 218 Å². The Morgan fingerprint density at radius 2 is 0.788 bits per heavy atom. The Balaban J connectivity index is -0.000000171. The molecule has 0 spiro atoms. The third-order valence-corrected chi connectivity index (χ3v) is 3.46. The van der Waals surface area contributed by atoms with Gasteiger partial charge in [0.2, 0.25) is 0 Å². The van der Waals surface area contributed by atoms with Gasteiger partial charge in [0, 0.05) is 31.6 Å². The Hall–Kier alpha value is 0.420. The molecule has 0 N–H and O–H groups in total. The number of halogens is 2. The second-order valence-corrected chi connectivity index (χ2v) is 12.3. The molecule has 0 atom stereocenters. The first-order valence-corrected chi connectivity index (χ1v) is 13.5. The molecular formula is C27H60Cl2O4. The maximum absolute atomic E-state index is 5.47. The fourth-order valence-corrected chi connectivity index (χ4v) is 1.92. The molecule has 0 bridgehead atoms. The first-order chi connectivity index (χ1) is 14.7. The van der Waals surface area contributed by atoms with Crippen molar-refractivity contribution in [3.05, 3.63) is 0 Å². The zero-order valence-electron chi connectivity index (χ0n) is 24.8. The van der Waals surface area contributed by atoms with Crippen molar-refractivity contribution in [3.63, 3.8) is 0 Å². The van der Waals surface area contributed by atoms with Gasteiger partial charge in [-0.1, -0.05) is 13.3 Å². The molecular weight excluding hydrogens is 459 g/mol. The summed E-state index contributed by atoms with van der Waals surface area (Å²) in [6.45, 7) is 31.9. The van der Waals surface area contributed by atoms with Crippen LogP contribution in [0.1, 0.15) is 116 Å². The van der Waals surface area contributed by atoms with Crippen LogP contribution in [0.15, 0.2) is 0 Å². The Bertz CT molecular complexity index is 356. The van der Waals surface area contributed by atoms with Crippen molar-refractivity contribution in [3.8, 4) is 0 Å². The first-order valence-electron chi connectivity index (χ1n) is 12.4. The van der Waals surface area contributed by atoms with Crippen LogP contribution >= 0.6 is 23.2 Å². The Morgan fingerprint density at radius 3 is 0.970 bits per heavy atom. The minimum absolute atomic E-state index is 0.00788. The molecule has 0 radical (unpaired) electrons. The molecule has 0 heterocycles. The molecule has 6 heteroatoms. The first kappa shape index (κ1) is 40.6. The van der Waals surface area contributed by atoms with E-state index in [1.54, 1.807) is 0 Å². The van der Waals surface area contributed by atoms with Crippen molar-refractivity contribution in [2.45, 2.75) is 139 Å². The summed E-state index contributed by atoms with van der Waals surface area (Å²) in [6, 6.07) is 0. The SMILES string of the molecule is CC(C)(C)OCCCCl.CC(C)(C)OCCCl.CCCCOC(C)(C)C.CCOC(C)(C)C. The van der Waals surface area contributed by atoms with E-state index in [4.69, 9.17) is 42.1 Å². The lowest BCUT2D eigenvalue weighted by Gasteiger charge is -2.18. The fourth-order valence-electron chi connectivity index (χ4n) is 1.73. The normalized spacial score (nSPS) is 12.0. The number of hydrogen-bond donors (Lipinski definition) is 0. The van der Waals surface area contributed by atoms with Gasteiger partial charge in [-0.05, 0) is 103 Å². The maximum Gasteiger partial charge on any atom is 0.0608 e. The van der Waals surface area contributed by atoms with Crippen molar-refractivity contribution < 1.29 is 18.9 Å². The number of ether oxygens (including phenoxy) is 4. The molecule has 206 valence electrons. The minimum Gasteiger partial charge on any atom is -0.376 e. The highest BCUT2D eigenvalue weighted by atomic mass is 35.5. The molecule has 0 aliphatic carbocycles. The molecule has 0 fully saturated rings. The van der Waals surface area contributed by atoms with Crippen LogP contribution in [0.3, 0.4) is 0 Å². The van der Waals surface area contributed by atoms with Crippen LogP contribution in [0.5, 0.6) is 0 Å². The van der Waals surface area contributed by atoms with Gasteiger partial charge in [0.25, 0.3) is 0 Å². The van der Waals surface area contributed by atoms with Crippen molar-refractivity contribution in [1.82, 2.24) is 0 Å². The molecule has 0 rings (SSSR count). The summed E-state index contributed by atoms with van der Waals surface area (Å²) in [6.07, 6.45) is 3.34. The number of alkyl halides is 2. The van der Waals surface area contributed by atoms with Crippen LogP contribution in [-0.4, -0.2) is 60.6 Å². The van der Waals surface area contributed by atoms with Crippen LogP contribution in [0, 0.1) is 0 Å². The molecule has 0 aromatic heterocycles. The molecule has 0 amide bonds. The molecule has 0 saturated carbocycles. The number of unbranched alkanes of at least 4 members (excludes halogenated alkanes) is 1. The van der Waals surface area contributed by atoms with Crippen molar-refractivity contribution >= 4 is 23.2 Å².